The second-order valence-corrected chi connectivity index (χ2v) is 4.85. The number of hydrogen-bond donors (Lipinski definition) is 4. The van der Waals surface area contributed by atoms with E-state index in [1.807, 2.05) is 0 Å². The molecule has 0 heterocycles. The normalized spacial score (nSPS) is 13.4. The Balaban J connectivity index is 1.82. The molecule has 1 saturated carbocycles. The zero-order chi connectivity index (χ0) is 15.2. The topological polar surface area (TPSA) is 113 Å². The molecule has 0 unspecified atom stereocenters. The predicted octanol–water partition coefficient (Wildman–Crippen LogP) is -0.408. The number of carbonyl (C=O) groups excluding carboxylic acids is 3. The third-order valence-corrected chi connectivity index (χ3v) is 2.97. The number of nitrogens with two attached hydrogens (primary N) is 1. The first-order valence-corrected chi connectivity index (χ1v) is 6.76. The number of amides is 3. The van der Waals surface area contributed by atoms with Gasteiger partial charge in [-0.15, -0.1) is 0 Å². The molecule has 0 bridgehead atoms. The van der Waals surface area contributed by atoms with E-state index >= 15 is 0 Å². The monoisotopic (exact) mass is 290 g/mol. The minimum Gasteiger partial charge on any atom is -0.349 e. The van der Waals surface area contributed by atoms with Gasteiger partial charge >= 0.3 is 0 Å². The summed E-state index contributed by atoms with van der Waals surface area (Å²) in [6.07, 6.45) is 2.07. The molecule has 0 spiro atoms. The van der Waals surface area contributed by atoms with Crippen molar-refractivity contribution in [3.63, 3.8) is 0 Å². The smallest absolute Gasteiger partial charge is 0.251 e. The van der Waals surface area contributed by atoms with Crippen LogP contribution in [0.3, 0.4) is 0 Å². The highest BCUT2D eigenvalue weighted by atomic mass is 16.2. The summed E-state index contributed by atoms with van der Waals surface area (Å²) in [7, 11) is 0. The Kier molecular flexibility index (Phi) is 4.89. The van der Waals surface area contributed by atoms with Crippen LogP contribution in [0.25, 0.3) is 0 Å². The van der Waals surface area contributed by atoms with E-state index in [1.165, 1.54) is 0 Å². The second-order valence-electron chi connectivity index (χ2n) is 4.85. The van der Waals surface area contributed by atoms with E-state index in [9.17, 15) is 14.4 Å². The molecule has 2 rings (SSSR count). The molecular weight excluding hydrogens is 272 g/mol. The molecule has 112 valence electrons. The molecule has 0 aliphatic heterocycles. The van der Waals surface area contributed by atoms with Crippen molar-refractivity contribution in [1.29, 1.82) is 0 Å². The van der Waals surface area contributed by atoms with Crippen molar-refractivity contribution in [1.82, 2.24) is 10.6 Å². The Morgan fingerprint density at radius 2 is 1.76 bits per heavy atom. The van der Waals surface area contributed by atoms with E-state index in [-0.39, 0.29) is 24.9 Å². The third-order valence-electron chi connectivity index (χ3n) is 2.97. The summed E-state index contributed by atoms with van der Waals surface area (Å²) in [5, 5.41) is 7.87. The molecule has 1 aliphatic rings. The van der Waals surface area contributed by atoms with Gasteiger partial charge in [-0.3, -0.25) is 14.4 Å². The Labute approximate surface area is 122 Å². The lowest BCUT2D eigenvalue weighted by Gasteiger charge is -2.07. The van der Waals surface area contributed by atoms with Gasteiger partial charge in [0.05, 0.1) is 13.1 Å². The van der Waals surface area contributed by atoms with Crippen molar-refractivity contribution in [2.45, 2.75) is 18.9 Å². The molecule has 5 N–H and O–H groups in total. The highest BCUT2D eigenvalue weighted by molar-refractivity contribution is 5.97. The maximum Gasteiger partial charge on any atom is 0.251 e. The van der Waals surface area contributed by atoms with Gasteiger partial charge in [-0.25, -0.2) is 0 Å². The summed E-state index contributed by atoms with van der Waals surface area (Å²) in [5.74, 6) is -0.852. The van der Waals surface area contributed by atoms with E-state index in [2.05, 4.69) is 16.0 Å². The van der Waals surface area contributed by atoms with Gasteiger partial charge in [-0.05, 0) is 37.1 Å². The molecule has 1 aliphatic carbocycles. The summed E-state index contributed by atoms with van der Waals surface area (Å²) < 4.78 is 0. The van der Waals surface area contributed by atoms with Crippen LogP contribution < -0.4 is 21.7 Å². The Bertz CT molecular complexity index is 538. The quantitative estimate of drug-likeness (QED) is 0.570. The third kappa shape index (κ3) is 4.88. The molecule has 0 saturated heterocycles. The molecule has 1 aromatic carbocycles. The van der Waals surface area contributed by atoms with E-state index in [1.54, 1.807) is 24.3 Å². The summed E-state index contributed by atoms with van der Waals surface area (Å²) >= 11 is 0. The van der Waals surface area contributed by atoms with E-state index in [0.29, 0.717) is 17.3 Å². The maximum atomic E-state index is 11.8. The number of carbonyl (C=O) groups is 3. The number of rotatable bonds is 6. The Morgan fingerprint density at radius 3 is 2.33 bits per heavy atom. The summed E-state index contributed by atoms with van der Waals surface area (Å²) in [6.45, 7) is -0.294. The molecule has 0 atom stereocenters. The Hall–Kier alpha value is -2.41. The van der Waals surface area contributed by atoms with Crippen molar-refractivity contribution in [3.8, 4) is 0 Å². The maximum absolute atomic E-state index is 11.8. The summed E-state index contributed by atoms with van der Waals surface area (Å²) in [4.78, 5) is 34.3. The lowest BCUT2D eigenvalue weighted by Crippen LogP contribution is -2.36. The van der Waals surface area contributed by atoms with Crippen molar-refractivity contribution in [3.05, 3.63) is 29.8 Å². The average molecular weight is 290 g/mol. The highest BCUT2D eigenvalue weighted by Crippen LogP contribution is 2.19. The number of anilines is 1. The van der Waals surface area contributed by atoms with Gasteiger partial charge in [0.1, 0.15) is 0 Å². The van der Waals surface area contributed by atoms with Crippen LogP contribution in [0.15, 0.2) is 24.3 Å². The van der Waals surface area contributed by atoms with E-state index in [4.69, 9.17) is 5.73 Å². The van der Waals surface area contributed by atoms with Gasteiger partial charge in [0.25, 0.3) is 5.91 Å². The predicted molar refractivity (Wildman–Crippen MR) is 77.6 cm³/mol. The fourth-order valence-electron chi connectivity index (χ4n) is 1.66. The lowest BCUT2D eigenvalue weighted by molar-refractivity contribution is -0.123. The first-order valence-electron chi connectivity index (χ1n) is 6.76. The fraction of sp³-hybridized carbons (Fsp3) is 0.357. The first kappa shape index (κ1) is 15.0. The molecule has 1 aromatic rings. The molecule has 0 aromatic heterocycles. The second kappa shape index (κ2) is 6.85. The van der Waals surface area contributed by atoms with Crippen molar-refractivity contribution in [2.24, 2.45) is 5.73 Å². The highest BCUT2D eigenvalue weighted by Gasteiger charge is 2.23. The molecular formula is C14H18N4O3. The molecule has 1 fully saturated rings. The van der Waals surface area contributed by atoms with Crippen molar-refractivity contribution in [2.75, 3.05) is 18.4 Å². The first-order chi connectivity index (χ1) is 10.1. The summed E-state index contributed by atoms with van der Waals surface area (Å²) in [5.41, 5.74) is 6.23. The SMILES string of the molecule is NCC(=O)NCC(=O)Nc1ccc(C(=O)NC2CC2)cc1. The zero-order valence-electron chi connectivity index (χ0n) is 11.5. The van der Waals surface area contributed by atoms with Crippen molar-refractivity contribution < 1.29 is 14.4 Å². The standard InChI is InChI=1S/C14H18N4O3/c15-7-12(19)16-8-13(20)17-10-3-1-9(2-4-10)14(21)18-11-5-6-11/h1-4,11H,5-8,15H2,(H,16,19)(H,17,20)(H,18,21). The minimum atomic E-state index is -0.391. The number of hydrogen-bond acceptors (Lipinski definition) is 4. The van der Waals surface area contributed by atoms with Crippen LogP contribution in [0, 0.1) is 0 Å². The van der Waals surface area contributed by atoms with Crippen LogP contribution >= 0.6 is 0 Å². The largest absolute Gasteiger partial charge is 0.349 e. The van der Waals surface area contributed by atoms with E-state index < -0.39 is 5.91 Å². The summed E-state index contributed by atoms with van der Waals surface area (Å²) in [6, 6.07) is 6.88. The number of nitrogens with one attached hydrogen (secondary N) is 3. The molecule has 7 nitrogen and oxygen atoms in total. The van der Waals surface area contributed by atoms with Crippen LogP contribution in [0.1, 0.15) is 23.2 Å². The van der Waals surface area contributed by atoms with Gasteiger partial charge in [0, 0.05) is 17.3 Å². The van der Waals surface area contributed by atoms with Crippen LogP contribution in [0.4, 0.5) is 5.69 Å². The number of benzene rings is 1. The van der Waals surface area contributed by atoms with Crippen molar-refractivity contribution >= 4 is 23.4 Å². The average Bonchev–Trinajstić information content (AvgIpc) is 3.29. The lowest BCUT2D eigenvalue weighted by atomic mass is 10.2. The fourth-order valence-corrected chi connectivity index (χ4v) is 1.66. The van der Waals surface area contributed by atoms with Crippen LogP contribution in [0.2, 0.25) is 0 Å². The van der Waals surface area contributed by atoms with E-state index in [0.717, 1.165) is 12.8 Å². The van der Waals surface area contributed by atoms with Gasteiger partial charge in [0.15, 0.2) is 0 Å². The molecule has 21 heavy (non-hydrogen) atoms. The van der Waals surface area contributed by atoms with Gasteiger partial charge in [0.2, 0.25) is 11.8 Å². The minimum absolute atomic E-state index is 0.106. The molecule has 7 heteroatoms. The van der Waals surface area contributed by atoms with Gasteiger partial charge in [-0.1, -0.05) is 0 Å². The van der Waals surface area contributed by atoms with Crippen LogP contribution in [-0.2, 0) is 9.59 Å². The van der Waals surface area contributed by atoms with Gasteiger partial charge < -0.3 is 21.7 Å². The van der Waals surface area contributed by atoms with Gasteiger partial charge in [-0.2, -0.15) is 0 Å². The van der Waals surface area contributed by atoms with Crippen LogP contribution in [0.5, 0.6) is 0 Å². The van der Waals surface area contributed by atoms with Crippen LogP contribution in [-0.4, -0.2) is 36.9 Å². The Morgan fingerprint density at radius 1 is 1.10 bits per heavy atom. The zero-order valence-corrected chi connectivity index (χ0v) is 11.5. The molecule has 0 radical (unpaired) electrons. The molecule has 3 amide bonds.